The Labute approximate surface area is 173 Å². The number of aromatic nitrogens is 2. The molecule has 0 unspecified atom stereocenters. The molecular formula is C24H19N3O3. The van der Waals surface area contributed by atoms with Crippen molar-refractivity contribution >= 4 is 28.6 Å². The summed E-state index contributed by atoms with van der Waals surface area (Å²) in [6.07, 6.45) is 1.81. The van der Waals surface area contributed by atoms with E-state index in [1.165, 1.54) is 0 Å². The van der Waals surface area contributed by atoms with Gasteiger partial charge >= 0.3 is 0 Å². The highest BCUT2D eigenvalue weighted by Crippen LogP contribution is 2.33. The van der Waals surface area contributed by atoms with Gasteiger partial charge in [-0.1, -0.05) is 48.5 Å². The number of carbonyl (C=O) groups excluding carboxylic acids is 1. The minimum Gasteiger partial charge on any atom is -0.454 e. The van der Waals surface area contributed by atoms with Gasteiger partial charge in [0, 0.05) is 6.54 Å². The van der Waals surface area contributed by atoms with Gasteiger partial charge < -0.3 is 19.8 Å². The van der Waals surface area contributed by atoms with Crippen molar-refractivity contribution in [2.75, 3.05) is 6.79 Å². The number of aromatic amines is 1. The molecule has 1 aliphatic heterocycles. The molecule has 4 aromatic rings. The first-order valence-corrected chi connectivity index (χ1v) is 9.65. The molecule has 0 spiro atoms. The monoisotopic (exact) mass is 397 g/mol. The Hall–Kier alpha value is -4.06. The van der Waals surface area contributed by atoms with E-state index in [9.17, 15) is 4.79 Å². The zero-order valence-electron chi connectivity index (χ0n) is 16.1. The first kappa shape index (κ1) is 18.0. The van der Waals surface area contributed by atoms with E-state index in [1.54, 1.807) is 6.08 Å². The lowest BCUT2D eigenvalue weighted by atomic mass is 10.1. The van der Waals surface area contributed by atoms with Gasteiger partial charge in [-0.05, 0) is 41.5 Å². The predicted molar refractivity (Wildman–Crippen MR) is 115 cm³/mol. The molecular weight excluding hydrogens is 378 g/mol. The normalized spacial score (nSPS) is 12.9. The van der Waals surface area contributed by atoms with Crippen LogP contribution in [0.4, 0.5) is 0 Å². The van der Waals surface area contributed by atoms with Crippen molar-refractivity contribution in [2.24, 2.45) is 0 Å². The van der Waals surface area contributed by atoms with Crippen LogP contribution in [0, 0.1) is 0 Å². The van der Waals surface area contributed by atoms with Crippen LogP contribution < -0.4 is 14.8 Å². The number of imidazole rings is 1. The molecule has 148 valence electrons. The summed E-state index contributed by atoms with van der Waals surface area (Å²) >= 11 is 0. The SMILES string of the molecule is O=C(NCc1ccccc1)/C(=C/c1ccc2c(c1)OCO2)c1nc2ccccc2[nH]1. The fourth-order valence-corrected chi connectivity index (χ4v) is 3.36. The molecule has 0 saturated heterocycles. The van der Waals surface area contributed by atoms with Gasteiger partial charge in [0.15, 0.2) is 11.5 Å². The lowest BCUT2D eigenvalue weighted by molar-refractivity contribution is -0.115. The number of hydrogen-bond acceptors (Lipinski definition) is 4. The zero-order chi connectivity index (χ0) is 20.3. The van der Waals surface area contributed by atoms with Crippen molar-refractivity contribution in [3.8, 4) is 11.5 Å². The molecule has 0 aliphatic carbocycles. The van der Waals surface area contributed by atoms with Gasteiger partial charge in [-0.25, -0.2) is 4.98 Å². The minimum absolute atomic E-state index is 0.205. The number of benzene rings is 3. The number of nitrogens with one attached hydrogen (secondary N) is 2. The van der Waals surface area contributed by atoms with Crippen LogP contribution in [0.3, 0.4) is 0 Å². The third kappa shape index (κ3) is 3.63. The van der Waals surface area contributed by atoms with Crippen molar-refractivity contribution < 1.29 is 14.3 Å². The molecule has 1 aromatic heterocycles. The number of rotatable bonds is 5. The van der Waals surface area contributed by atoms with Gasteiger partial charge in [0.05, 0.1) is 16.6 Å². The van der Waals surface area contributed by atoms with Gasteiger partial charge in [0.1, 0.15) is 5.82 Å². The second-order valence-corrected chi connectivity index (χ2v) is 6.94. The molecule has 0 saturated carbocycles. The van der Waals surface area contributed by atoms with E-state index in [2.05, 4.69) is 15.3 Å². The number of ether oxygens (including phenoxy) is 2. The summed E-state index contributed by atoms with van der Waals surface area (Å²) in [4.78, 5) is 21.0. The van der Waals surface area contributed by atoms with E-state index in [-0.39, 0.29) is 12.7 Å². The smallest absolute Gasteiger partial charge is 0.255 e. The highest BCUT2D eigenvalue weighted by atomic mass is 16.7. The molecule has 3 aromatic carbocycles. The van der Waals surface area contributed by atoms with E-state index >= 15 is 0 Å². The second kappa shape index (κ2) is 7.75. The van der Waals surface area contributed by atoms with Crippen LogP contribution in [-0.2, 0) is 11.3 Å². The number of carbonyl (C=O) groups is 1. The largest absolute Gasteiger partial charge is 0.454 e. The number of fused-ring (bicyclic) bond motifs is 2. The summed E-state index contributed by atoms with van der Waals surface area (Å²) in [6.45, 7) is 0.634. The van der Waals surface area contributed by atoms with Crippen LogP contribution in [0.25, 0.3) is 22.7 Å². The maximum absolute atomic E-state index is 13.1. The van der Waals surface area contributed by atoms with Crippen molar-refractivity contribution in [1.29, 1.82) is 0 Å². The maximum atomic E-state index is 13.1. The van der Waals surface area contributed by atoms with Gasteiger partial charge in [0.25, 0.3) is 5.91 Å². The second-order valence-electron chi connectivity index (χ2n) is 6.94. The Bertz CT molecular complexity index is 1210. The summed E-state index contributed by atoms with van der Waals surface area (Å²) in [7, 11) is 0. The number of para-hydroxylation sites is 2. The van der Waals surface area contributed by atoms with Crippen LogP contribution in [0.1, 0.15) is 17.0 Å². The van der Waals surface area contributed by atoms with Gasteiger partial charge in [-0.3, -0.25) is 4.79 Å². The standard InChI is InChI=1S/C24H19N3O3/c28-24(25-14-16-6-2-1-3-7-16)18(23-26-19-8-4-5-9-20(19)27-23)12-17-10-11-21-22(13-17)30-15-29-21/h1-13H,14-15H2,(H,25,28)(H,26,27)/b18-12+. The van der Waals surface area contributed by atoms with Gasteiger partial charge in [-0.2, -0.15) is 0 Å². The van der Waals surface area contributed by atoms with Crippen LogP contribution in [-0.4, -0.2) is 22.7 Å². The molecule has 2 N–H and O–H groups in total. The van der Waals surface area contributed by atoms with E-state index in [0.717, 1.165) is 22.2 Å². The lowest BCUT2D eigenvalue weighted by Crippen LogP contribution is -2.24. The molecule has 0 atom stereocenters. The Morgan fingerprint density at radius 3 is 2.67 bits per heavy atom. The number of hydrogen-bond donors (Lipinski definition) is 2. The van der Waals surface area contributed by atoms with Gasteiger partial charge in [0.2, 0.25) is 6.79 Å². The fourth-order valence-electron chi connectivity index (χ4n) is 3.36. The van der Waals surface area contributed by atoms with E-state index in [1.807, 2.05) is 72.8 Å². The van der Waals surface area contributed by atoms with E-state index in [0.29, 0.717) is 29.4 Å². The first-order valence-electron chi connectivity index (χ1n) is 9.65. The zero-order valence-corrected chi connectivity index (χ0v) is 16.1. The van der Waals surface area contributed by atoms with Crippen molar-refractivity contribution in [2.45, 2.75) is 6.54 Å². The number of amides is 1. The van der Waals surface area contributed by atoms with Crippen molar-refractivity contribution in [3.05, 3.63) is 89.7 Å². The molecule has 5 rings (SSSR count). The molecule has 30 heavy (non-hydrogen) atoms. The fraction of sp³-hybridized carbons (Fsp3) is 0.0833. The van der Waals surface area contributed by atoms with Crippen LogP contribution >= 0.6 is 0 Å². The van der Waals surface area contributed by atoms with Crippen molar-refractivity contribution in [3.63, 3.8) is 0 Å². The maximum Gasteiger partial charge on any atom is 0.255 e. The summed E-state index contributed by atoms with van der Waals surface area (Å²) in [6, 6.07) is 23.1. The Morgan fingerprint density at radius 2 is 1.80 bits per heavy atom. The average molecular weight is 397 g/mol. The quantitative estimate of drug-likeness (QED) is 0.496. The minimum atomic E-state index is -0.212. The summed E-state index contributed by atoms with van der Waals surface area (Å²) < 4.78 is 10.8. The van der Waals surface area contributed by atoms with E-state index < -0.39 is 0 Å². The van der Waals surface area contributed by atoms with Crippen LogP contribution in [0.2, 0.25) is 0 Å². The molecule has 1 aliphatic rings. The number of H-pyrrole nitrogens is 1. The van der Waals surface area contributed by atoms with Crippen molar-refractivity contribution in [1.82, 2.24) is 15.3 Å². The molecule has 0 fully saturated rings. The third-order valence-electron chi connectivity index (χ3n) is 4.89. The Balaban J connectivity index is 1.50. The highest BCUT2D eigenvalue weighted by Gasteiger charge is 2.18. The third-order valence-corrected chi connectivity index (χ3v) is 4.89. The molecule has 1 amide bonds. The van der Waals surface area contributed by atoms with Gasteiger partial charge in [-0.15, -0.1) is 0 Å². The lowest BCUT2D eigenvalue weighted by Gasteiger charge is -2.08. The molecule has 0 radical (unpaired) electrons. The molecule has 6 nitrogen and oxygen atoms in total. The Morgan fingerprint density at radius 1 is 1.00 bits per heavy atom. The topological polar surface area (TPSA) is 76.2 Å². The number of nitrogens with zero attached hydrogens (tertiary/aromatic N) is 1. The van der Waals surface area contributed by atoms with E-state index in [4.69, 9.17) is 9.47 Å². The molecule has 2 heterocycles. The summed E-state index contributed by atoms with van der Waals surface area (Å²) in [5.74, 6) is 1.67. The molecule has 6 heteroatoms. The summed E-state index contributed by atoms with van der Waals surface area (Å²) in [5, 5.41) is 2.99. The first-order chi connectivity index (χ1) is 14.8. The summed E-state index contributed by atoms with van der Waals surface area (Å²) in [5.41, 5.74) is 3.98. The molecule has 0 bridgehead atoms. The highest BCUT2D eigenvalue weighted by molar-refractivity contribution is 6.23. The average Bonchev–Trinajstić information content (AvgIpc) is 3.42. The van der Waals surface area contributed by atoms with Crippen LogP contribution in [0.15, 0.2) is 72.8 Å². The van der Waals surface area contributed by atoms with Crippen LogP contribution in [0.5, 0.6) is 11.5 Å². The predicted octanol–water partition coefficient (Wildman–Crippen LogP) is 4.15. The Kier molecular flexibility index (Phi) is 4.65.